The van der Waals surface area contributed by atoms with Crippen molar-refractivity contribution in [1.82, 2.24) is 10.6 Å². The molecule has 2 atom stereocenters. The number of halogens is 1. The monoisotopic (exact) mass is 250 g/mol. The fraction of sp³-hybridized carbons (Fsp3) is 0.909. The fourth-order valence-electron chi connectivity index (χ4n) is 1.60. The number of rotatable bonds is 6. The summed E-state index contributed by atoms with van der Waals surface area (Å²) in [5.41, 5.74) is 0. The van der Waals surface area contributed by atoms with E-state index in [1.165, 1.54) is 0 Å². The van der Waals surface area contributed by atoms with Crippen LogP contribution in [0.5, 0.6) is 0 Å². The quantitative estimate of drug-likeness (QED) is 0.738. The van der Waals surface area contributed by atoms with Crippen molar-refractivity contribution in [2.75, 3.05) is 26.8 Å². The SMILES string of the molecule is CNC(C)CNC(=O)CCC1CCOC1.Cl. The fourth-order valence-corrected chi connectivity index (χ4v) is 1.60. The third-order valence-electron chi connectivity index (χ3n) is 2.90. The Morgan fingerprint density at radius 1 is 1.56 bits per heavy atom. The average Bonchev–Trinajstić information content (AvgIpc) is 2.75. The number of hydrogen-bond acceptors (Lipinski definition) is 3. The Balaban J connectivity index is 0.00000225. The number of hydrogen-bond donors (Lipinski definition) is 2. The van der Waals surface area contributed by atoms with Crippen molar-refractivity contribution in [2.45, 2.75) is 32.2 Å². The molecule has 1 aliphatic rings. The summed E-state index contributed by atoms with van der Waals surface area (Å²) < 4.78 is 5.26. The molecule has 0 spiro atoms. The predicted octanol–water partition coefficient (Wildman–Crippen LogP) is 0.949. The van der Waals surface area contributed by atoms with Crippen LogP contribution in [0.25, 0.3) is 0 Å². The van der Waals surface area contributed by atoms with Crippen LogP contribution in [0.1, 0.15) is 26.2 Å². The van der Waals surface area contributed by atoms with E-state index in [-0.39, 0.29) is 18.3 Å². The standard InChI is InChI=1S/C11H22N2O2.ClH/c1-9(12-2)7-13-11(14)4-3-10-5-6-15-8-10;/h9-10,12H,3-8H2,1-2H3,(H,13,14);1H. The van der Waals surface area contributed by atoms with Crippen LogP contribution in [0.15, 0.2) is 0 Å². The van der Waals surface area contributed by atoms with Gasteiger partial charge in [0.2, 0.25) is 5.91 Å². The summed E-state index contributed by atoms with van der Waals surface area (Å²) in [6, 6.07) is 0.337. The highest BCUT2D eigenvalue weighted by atomic mass is 35.5. The minimum Gasteiger partial charge on any atom is -0.381 e. The van der Waals surface area contributed by atoms with Crippen LogP contribution >= 0.6 is 12.4 Å². The van der Waals surface area contributed by atoms with E-state index in [0.29, 0.717) is 24.9 Å². The molecular formula is C11H23ClN2O2. The highest BCUT2D eigenvalue weighted by Gasteiger charge is 2.16. The van der Waals surface area contributed by atoms with E-state index in [9.17, 15) is 4.79 Å². The minimum atomic E-state index is 0. The van der Waals surface area contributed by atoms with E-state index in [0.717, 1.165) is 26.1 Å². The van der Waals surface area contributed by atoms with Gasteiger partial charge in [-0.15, -0.1) is 12.4 Å². The summed E-state index contributed by atoms with van der Waals surface area (Å²) >= 11 is 0. The molecule has 5 heteroatoms. The summed E-state index contributed by atoms with van der Waals surface area (Å²) in [4.78, 5) is 11.4. The largest absolute Gasteiger partial charge is 0.381 e. The Labute approximate surface area is 104 Å². The molecule has 1 saturated heterocycles. The van der Waals surface area contributed by atoms with Crippen LogP contribution in [0.4, 0.5) is 0 Å². The molecule has 0 aromatic rings. The molecule has 0 aromatic heterocycles. The van der Waals surface area contributed by atoms with Crippen LogP contribution in [-0.4, -0.2) is 38.8 Å². The van der Waals surface area contributed by atoms with Gasteiger partial charge in [-0.05, 0) is 32.7 Å². The Morgan fingerprint density at radius 2 is 2.31 bits per heavy atom. The molecule has 16 heavy (non-hydrogen) atoms. The number of likely N-dealkylation sites (N-methyl/N-ethyl adjacent to an activating group) is 1. The van der Waals surface area contributed by atoms with Crippen LogP contribution in [0, 0.1) is 5.92 Å². The first-order chi connectivity index (χ1) is 7.22. The van der Waals surface area contributed by atoms with Gasteiger partial charge in [-0.1, -0.05) is 0 Å². The zero-order valence-corrected chi connectivity index (χ0v) is 10.9. The molecule has 1 heterocycles. The Kier molecular flexibility index (Phi) is 8.61. The maximum atomic E-state index is 11.4. The first kappa shape index (κ1) is 15.7. The molecule has 0 radical (unpaired) electrons. The van der Waals surface area contributed by atoms with Crippen LogP contribution in [0.3, 0.4) is 0 Å². The molecule has 0 aliphatic carbocycles. The predicted molar refractivity (Wildman–Crippen MR) is 66.9 cm³/mol. The topological polar surface area (TPSA) is 50.4 Å². The summed E-state index contributed by atoms with van der Waals surface area (Å²) in [6.45, 7) is 4.45. The molecule has 1 amide bonds. The van der Waals surface area contributed by atoms with Gasteiger partial charge in [-0.2, -0.15) is 0 Å². The summed E-state index contributed by atoms with van der Waals surface area (Å²) in [7, 11) is 1.90. The van der Waals surface area contributed by atoms with E-state index >= 15 is 0 Å². The summed E-state index contributed by atoms with van der Waals surface area (Å²) in [6.07, 6.45) is 2.70. The van der Waals surface area contributed by atoms with Crippen molar-refractivity contribution in [3.05, 3.63) is 0 Å². The maximum absolute atomic E-state index is 11.4. The zero-order valence-electron chi connectivity index (χ0n) is 10.1. The van der Waals surface area contributed by atoms with Gasteiger partial charge in [0.25, 0.3) is 0 Å². The van der Waals surface area contributed by atoms with Gasteiger partial charge < -0.3 is 15.4 Å². The lowest BCUT2D eigenvalue weighted by Gasteiger charge is -2.12. The molecule has 4 nitrogen and oxygen atoms in total. The Bertz CT molecular complexity index is 196. The van der Waals surface area contributed by atoms with E-state index in [1.54, 1.807) is 0 Å². The third kappa shape index (κ3) is 6.30. The van der Waals surface area contributed by atoms with Crippen molar-refractivity contribution < 1.29 is 9.53 Å². The first-order valence-electron chi connectivity index (χ1n) is 5.74. The molecule has 1 aliphatic heterocycles. The van der Waals surface area contributed by atoms with E-state index in [1.807, 2.05) is 14.0 Å². The van der Waals surface area contributed by atoms with Gasteiger partial charge in [-0.25, -0.2) is 0 Å². The van der Waals surface area contributed by atoms with Gasteiger partial charge in [-0.3, -0.25) is 4.79 Å². The van der Waals surface area contributed by atoms with Crippen molar-refractivity contribution in [1.29, 1.82) is 0 Å². The third-order valence-corrected chi connectivity index (χ3v) is 2.90. The number of ether oxygens (including phenoxy) is 1. The molecule has 1 rings (SSSR count). The van der Waals surface area contributed by atoms with E-state index in [2.05, 4.69) is 10.6 Å². The second-order valence-corrected chi connectivity index (χ2v) is 4.26. The molecule has 2 unspecified atom stereocenters. The van der Waals surface area contributed by atoms with Gasteiger partial charge >= 0.3 is 0 Å². The number of nitrogens with one attached hydrogen (secondary N) is 2. The van der Waals surface area contributed by atoms with Crippen LogP contribution in [0.2, 0.25) is 0 Å². The second kappa shape index (κ2) is 8.79. The van der Waals surface area contributed by atoms with Crippen molar-refractivity contribution in [3.8, 4) is 0 Å². The average molecular weight is 251 g/mol. The van der Waals surface area contributed by atoms with Gasteiger partial charge in [0.1, 0.15) is 0 Å². The zero-order chi connectivity index (χ0) is 11.1. The van der Waals surface area contributed by atoms with Crippen molar-refractivity contribution in [2.24, 2.45) is 5.92 Å². The molecular weight excluding hydrogens is 228 g/mol. The molecule has 0 bridgehead atoms. The first-order valence-corrected chi connectivity index (χ1v) is 5.74. The highest BCUT2D eigenvalue weighted by Crippen LogP contribution is 2.17. The van der Waals surface area contributed by atoms with Crippen molar-refractivity contribution in [3.63, 3.8) is 0 Å². The summed E-state index contributed by atoms with van der Waals surface area (Å²) in [5.74, 6) is 0.751. The lowest BCUT2D eigenvalue weighted by atomic mass is 10.0. The van der Waals surface area contributed by atoms with Crippen LogP contribution in [-0.2, 0) is 9.53 Å². The van der Waals surface area contributed by atoms with Crippen molar-refractivity contribution >= 4 is 18.3 Å². The Morgan fingerprint density at radius 3 is 2.88 bits per heavy atom. The summed E-state index contributed by atoms with van der Waals surface area (Å²) in [5, 5.41) is 6.00. The number of carbonyl (C=O) groups excluding carboxylic acids is 1. The Hall–Kier alpha value is -0.320. The lowest BCUT2D eigenvalue weighted by Crippen LogP contribution is -2.37. The second-order valence-electron chi connectivity index (χ2n) is 4.26. The molecule has 1 fully saturated rings. The number of amides is 1. The maximum Gasteiger partial charge on any atom is 0.220 e. The molecule has 0 aromatic carbocycles. The van der Waals surface area contributed by atoms with Gasteiger partial charge in [0.15, 0.2) is 0 Å². The normalized spacial score (nSPS) is 21.2. The molecule has 0 saturated carbocycles. The molecule has 2 N–H and O–H groups in total. The minimum absolute atomic E-state index is 0. The van der Waals surface area contributed by atoms with E-state index in [4.69, 9.17) is 4.74 Å². The number of carbonyl (C=O) groups is 1. The lowest BCUT2D eigenvalue weighted by molar-refractivity contribution is -0.121. The van der Waals surface area contributed by atoms with Crippen LogP contribution < -0.4 is 10.6 Å². The van der Waals surface area contributed by atoms with E-state index < -0.39 is 0 Å². The highest BCUT2D eigenvalue weighted by molar-refractivity contribution is 5.85. The van der Waals surface area contributed by atoms with Gasteiger partial charge in [0, 0.05) is 32.2 Å². The smallest absolute Gasteiger partial charge is 0.220 e. The van der Waals surface area contributed by atoms with Gasteiger partial charge in [0.05, 0.1) is 0 Å². The molecule has 96 valence electrons.